The smallest absolute Gasteiger partial charge is 0.320 e. The maximum atomic E-state index is 11.2. The average molecular weight is 247 g/mol. The van der Waals surface area contributed by atoms with Crippen molar-refractivity contribution in [2.75, 3.05) is 40.1 Å². The molecule has 0 amide bonds. The lowest BCUT2D eigenvalue weighted by atomic mass is 10.3. The maximum Gasteiger partial charge on any atom is 0.320 e. The topological polar surface area (TPSA) is 56.8 Å². The van der Waals surface area contributed by atoms with Crippen LogP contribution < -0.4 is 5.32 Å². The Morgan fingerprint density at radius 1 is 1.24 bits per heavy atom. The van der Waals surface area contributed by atoms with Crippen LogP contribution in [0.15, 0.2) is 0 Å². The molecule has 5 heteroatoms. The van der Waals surface area contributed by atoms with E-state index in [9.17, 15) is 4.79 Å². The van der Waals surface area contributed by atoms with E-state index in [4.69, 9.17) is 14.2 Å². The minimum absolute atomic E-state index is 0.231. The van der Waals surface area contributed by atoms with Gasteiger partial charge in [0.1, 0.15) is 6.61 Å². The highest BCUT2D eigenvalue weighted by molar-refractivity contribution is 5.71. The van der Waals surface area contributed by atoms with E-state index in [1.54, 1.807) is 7.11 Å². The molecule has 0 aromatic rings. The lowest BCUT2D eigenvalue weighted by molar-refractivity contribution is -0.144. The van der Waals surface area contributed by atoms with E-state index in [1.807, 2.05) is 6.92 Å². The third kappa shape index (κ3) is 11.6. The van der Waals surface area contributed by atoms with E-state index in [-0.39, 0.29) is 12.5 Å². The fourth-order valence-corrected chi connectivity index (χ4v) is 1.07. The van der Waals surface area contributed by atoms with Crippen molar-refractivity contribution in [3.05, 3.63) is 0 Å². The fourth-order valence-electron chi connectivity index (χ4n) is 1.07. The van der Waals surface area contributed by atoms with Crippen molar-refractivity contribution in [2.24, 2.45) is 0 Å². The molecular formula is C12H25NO4. The van der Waals surface area contributed by atoms with Gasteiger partial charge in [-0.1, -0.05) is 6.92 Å². The second kappa shape index (κ2) is 11.8. The number of esters is 1. The molecule has 1 N–H and O–H groups in total. The molecule has 0 rings (SSSR count). The number of nitrogens with one attached hydrogen (secondary N) is 1. The number of hydrogen-bond donors (Lipinski definition) is 1. The second-order valence-corrected chi connectivity index (χ2v) is 3.87. The van der Waals surface area contributed by atoms with Gasteiger partial charge in [-0.3, -0.25) is 4.79 Å². The van der Waals surface area contributed by atoms with Gasteiger partial charge in [0, 0.05) is 26.4 Å². The van der Waals surface area contributed by atoms with Gasteiger partial charge < -0.3 is 19.5 Å². The van der Waals surface area contributed by atoms with E-state index in [1.165, 1.54) is 0 Å². The molecule has 1 unspecified atom stereocenters. The number of ether oxygens (including phenoxy) is 3. The van der Waals surface area contributed by atoms with Crippen molar-refractivity contribution in [3.8, 4) is 0 Å². The zero-order chi connectivity index (χ0) is 12.9. The van der Waals surface area contributed by atoms with E-state index < -0.39 is 0 Å². The first kappa shape index (κ1) is 16.4. The molecule has 0 radical (unpaired) electrons. The predicted molar refractivity (Wildman–Crippen MR) is 66.0 cm³/mol. The Bertz CT molecular complexity index is 187. The standard InChI is InChI=1S/C12H25NO4/c1-4-11(2)13-10-12(14)17-9-8-16-7-5-6-15-3/h11,13H,4-10H2,1-3H3. The second-order valence-electron chi connectivity index (χ2n) is 3.87. The summed E-state index contributed by atoms with van der Waals surface area (Å²) >= 11 is 0. The van der Waals surface area contributed by atoms with Crippen LogP contribution in [0.1, 0.15) is 26.7 Å². The molecule has 1 atom stereocenters. The van der Waals surface area contributed by atoms with Crippen LogP contribution in [0.4, 0.5) is 0 Å². The summed E-state index contributed by atoms with van der Waals surface area (Å²) in [5, 5.41) is 3.07. The third-order valence-electron chi connectivity index (χ3n) is 2.34. The summed E-state index contributed by atoms with van der Waals surface area (Å²) in [5.41, 5.74) is 0. The normalized spacial score (nSPS) is 12.4. The Morgan fingerprint density at radius 2 is 2.00 bits per heavy atom. The Labute approximate surface area is 104 Å². The molecule has 0 aromatic carbocycles. The van der Waals surface area contributed by atoms with Gasteiger partial charge >= 0.3 is 5.97 Å². The van der Waals surface area contributed by atoms with Crippen molar-refractivity contribution in [1.29, 1.82) is 0 Å². The highest BCUT2D eigenvalue weighted by Crippen LogP contribution is 1.88. The van der Waals surface area contributed by atoms with Crippen molar-refractivity contribution in [3.63, 3.8) is 0 Å². The van der Waals surface area contributed by atoms with Crippen molar-refractivity contribution in [1.82, 2.24) is 5.32 Å². The molecule has 102 valence electrons. The summed E-state index contributed by atoms with van der Waals surface area (Å²) in [5.74, 6) is -0.231. The molecule has 0 heterocycles. The van der Waals surface area contributed by atoms with Crippen LogP contribution in [-0.4, -0.2) is 52.1 Å². The number of hydrogen-bond acceptors (Lipinski definition) is 5. The van der Waals surface area contributed by atoms with Crippen molar-refractivity contribution in [2.45, 2.75) is 32.7 Å². The third-order valence-corrected chi connectivity index (χ3v) is 2.34. The van der Waals surface area contributed by atoms with Crippen LogP contribution >= 0.6 is 0 Å². The molecule has 0 saturated heterocycles. The van der Waals surface area contributed by atoms with Crippen LogP contribution in [0, 0.1) is 0 Å². The fraction of sp³-hybridized carbons (Fsp3) is 0.917. The highest BCUT2D eigenvalue weighted by atomic mass is 16.6. The van der Waals surface area contributed by atoms with Crippen LogP contribution in [0.2, 0.25) is 0 Å². The number of methoxy groups -OCH3 is 1. The summed E-state index contributed by atoms with van der Waals surface area (Å²) in [6.07, 6.45) is 1.86. The Balaban J connectivity index is 3.22. The van der Waals surface area contributed by atoms with Gasteiger partial charge in [-0.25, -0.2) is 0 Å². The zero-order valence-electron chi connectivity index (χ0n) is 11.2. The number of carbonyl (C=O) groups excluding carboxylic acids is 1. The SMILES string of the molecule is CCC(C)NCC(=O)OCCOCCCOC. The molecular weight excluding hydrogens is 222 g/mol. The first-order valence-corrected chi connectivity index (χ1v) is 6.16. The van der Waals surface area contributed by atoms with Crippen LogP contribution in [0.5, 0.6) is 0 Å². The predicted octanol–water partition coefficient (Wildman–Crippen LogP) is 0.971. The Morgan fingerprint density at radius 3 is 2.65 bits per heavy atom. The van der Waals surface area contributed by atoms with Gasteiger partial charge in [0.15, 0.2) is 0 Å². The molecule has 5 nitrogen and oxygen atoms in total. The molecule has 0 saturated carbocycles. The number of rotatable bonds is 11. The maximum absolute atomic E-state index is 11.2. The largest absolute Gasteiger partial charge is 0.462 e. The molecule has 0 aromatic heterocycles. The zero-order valence-corrected chi connectivity index (χ0v) is 11.2. The number of carbonyl (C=O) groups is 1. The quantitative estimate of drug-likeness (QED) is 0.435. The molecule has 0 aliphatic rings. The van der Waals surface area contributed by atoms with Crippen LogP contribution in [0.3, 0.4) is 0 Å². The van der Waals surface area contributed by atoms with Gasteiger partial charge in [0.2, 0.25) is 0 Å². The first-order valence-electron chi connectivity index (χ1n) is 6.16. The lowest BCUT2D eigenvalue weighted by Gasteiger charge is -2.10. The van der Waals surface area contributed by atoms with Crippen molar-refractivity contribution < 1.29 is 19.0 Å². The first-order chi connectivity index (χ1) is 8.20. The summed E-state index contributed by atoms with van der Waals surface area (Å²) < 4.78 is 15.1. The van der Waals surface area contributed by atoms with Gasteiger partial charge in [-0.2, -0.15) is 0 Å². The van der Waals surface area contributed by atoms with E-state index in [0.29, 0.717) is 32.5 Å². The summed E-state index contributed by atoms with van der Waals surface area (Å²) in [4.78, 5) is 11.2. The summed E-state index contributed by atoms with van der Waals surface area (Å²) in [6.45, 7) is 6.45. The van der Waals surface area contributed by atoms with Crippen LogP contribution in [0.25, 0.3) is 0 Å². The van der Waals surface area contributed by atoms with Crippen LogP contribution in [-0.2, 0) is 19.0 Å². The highest BCUT2D eigenvalue weighted by Gasteiger charge is 2.04. The van der Waals surface area contributed by atoms with Gasteiger partial charge in [0.05, 0.1) is 13.2 Å². The van der Waals surface area contributed by atoms with E-state index in [0.717, 1.165) is 12.8 Å². The molecule has 0 spiro atoms. The molecule has 0 bridgehead atoms. The van der Waals surface area contributed by atoms with Gasteiger partial charge in [0.25, 0.3) is 0 Å². The molecule has 0 aliphatic carbocycles. The van der Waals surface area contributed by atoms with E-state index >= 15 is 0 Å². The molecule has 0 aliphatic heterocycles. The van der Waals surface area contributed by atoms with Gasteiger partial charge in [-0.15, -0.1) is 0 Å². The minimum Gasteiger partial charge on any atom is -0.462 e. The lowest BCUT2D eigenvalue weighted by Crippen LogP contribution is -2.32. The summed E-state index contributed by atoms with van der Waals surface area (Å²) in [6, 6.07) is 0.341. The Hall–Kier alpha value is -0.650. The minimum atomic E-state index is -0.231. The average Bonchev–Trinajstić information content (AvgIpc) is 2.34. The monoisotopic (exact) mass is 247 g/mol. The molecule has 17 heavy (non-hydrogen) atoms. The Kier molecular flexibility index (Phi) is 11.4. The van der Waals surface area contributed by atoms with Gasteiger partial charge in [-0.05, 0) is 19.8 Å². The van der Waals surface area contributed by atoms with Crippen molar-refractivity contribution >= 4 is 5.97 Å². The molecule has 0 fully saturated rings. The van der Waals surface area contributed by atoms with E-state index in [2.05, 4.69) is 12.2 Å². The summed E-state index contributed by atoms with van der Waals surface area (Å²) in [7, 11) is 1.66.